The van der Waals surface area contributed by atoms with E-state index in [2.05, 4.69) is 15.3 Å². The lowest BCUT2D eigenvalue weighted by atomic mass is 10.2. The number of nitrogens with zero attached hydrogens (tertiary/aromatic N) is 2. The zero-order chi connectivity index (χ0) is 14.5. The van der Waals surface area contributed by atoms with E-state index < -0.39 is 18.0 Å². The third-order valence-corrected chi connectivity index (χ3v) is 2.67. The zero-order valence-corrected chi connectivity index (χ0v) is 10.5. The minimum atomic E-state index is -1.49. The van der Waals surface area contributed by atoms with Gasteiger partial charge in [0, 0.05) is 13.0 Å². The van der Waals surface area contributed by atoms with Crippen LogP contribution in [-0.2, 0) is 4.79 Å². The van der Waals surface area contributed by atoms with Crippen LogP contribution >= 0.6 is 0 Å². The molecular formula is C13H13N3O4. The molecule has 7 heteroatoms. The number of aliphatic hydroxyl groups is 1. The van der Waals surface area contributed by atoms with E-state index in [1.165, 1.54) is 6.20 Å². The van der Waals surface area contributed by atoms with Crippen LogP contribution in [0.5, 0.6) is 0 Å². The van der Waals surface area contributed by atoms with Crippen molar-refractivity contribution < 1.29 is 19.8 Å². The summed E-state index contributed by atoms with van der Waals surface area (Å²) in [6, 6.07) is 7.15. The average molecular weight is 275 g/mol. The van der Waals surface area contributed by atoms with E-state index in [0.717, 1.165) is 0 Å². The van der Waals surface area contributed by atoms with Gasteiger partial charge in [0.1, 0.15) is 5.69 Å². The van der Waals surface area contributed by atoms with E-state index >= 15 is 0 Å². The molecule has 1 heterocycles. The Hall–Kier alpha value is -2.54. The molecule has 0 radical (unpaired) electrons. The van der Waals surface area contributed by atoms with E-state index in [1.807, 2.05) is 6.07 Å². The summed E-state index contributed by atoms with van der Waals surface area (Å²) in [5, 5.41) is 20.1. The molecule has 0 fully saturated rings. The topological polar surface area (TPSA) is 112 Å². The van der Waals surface area contributed by atoms with Crippen molar-refractivity contribution in [2.75, 3.05) is 6.54 Å². The van der Waals surface area contributed by atoms with Gasteiger partial charge in [-0.25, -0.2) is 9.78 Å². The first-order valence-corrected chi connectivity index (χ1v) is 5.99. The van der Waals surface area contributed by atoms with Gasteiger partial charge in [-0.2, -0.15) is 0 Å². The van der Waals surface area contributed by atoms with Crippen LogP contribution in [0.15, 0.2) is 30.5 Å². The third kappa shape index (κ3) is 3.27. The highest BCUT2D eigenvalue weighted by atomic mass is 16.4. The number of hydrogen-bond acceptors (Lipinski definition) is 5. The Balaban J connectivity index is 1.99. The van der Waals surface area contributed by atoms with Gasteiger partial charge < -0.3 is 15.5 Å². The van der Waals surface area contributed by atoms with E-state index in [9.17, 15) is 9.59 Å². The maximum absolute atomic E-state index is 11.8. The largest absolute Gasteiger partial charge is 0.479 e. The van der Waals surface area contributed by atoms with Crippen molar-refractivity contribution in [3.05, 3.63) is 36.2 Å². The first-order chi connectivity index (χ1) is 9.58. The second kappa shape index (κ2) is 6.07. The molecule has 0 saturated heterocycles. The number of carbonyl (C=O) groups excluding carboxylic acids is 1. The normalized spacial score (nSPS) is 12.1. The summed E-state index contributed by atoms with van der Waals surface area (Å²) in [5.41, 5.74) is 1.43. The Bertz CT molecular complexity index is 644. The lowest BCUT2D eigenvalue weighted by molar-refractivity contribution is -0.146. The molecule has 2 aromatic rings. The number of nitrogens with one attached hydrogen (secondary N) is 1. The van der Waals surface area contributed by atoms with Crippen LogP contribution in [0.3, 0.4) is 0 Å². The molecule has 0 saturated carbocycles. The minimum absolute atomic E-state index is 0.0425. The number of rotatable bonds is 5. The predicted molar refractivity (Wildman–Crippen MR) is 70.1 cm³/mol. The molecule has 0 bridgehead atoms. The molecule has 7 nitrogen and oxygen atoms in total. The number of carbonyl (C=O) groups is 2. The second-order valence-corrected chi connectivity index (χ2v) is 4.14. The fourth-order valence-corrected chi connectivity index (χ4v) is 1.60. The van der Waals surface area contributed by atoms with E-state index in [4.69, 9.17) is 10.2 Å². The number of carboxylic acids is 1. The minimum Gasteiger partial charge on any atom is -0.479 e. The second-order valence-electron chi connectivity index (χ2n) is 4.14. The molecule has 104 valence electrons. The lowest BCUT2D eigenvalue weighted by Crippen LogP contribution is -2.30. The number of para-hydroxylation sites is 2. The molecule has 0 aliphatic carbocycles. The van der Waals surface area contributed by atoms with Crippen molar-refractivity contribution in [2.45, 2.75) is 12.5 Å². The van der Waals surface area contributed by atoms with Crippen molar-refractivity contribution in [1.29, 1.82) is 0 Å². The van der Waals surface area contributed by atoms with E-state index in [0.29, 0.717) is 11.0 Å². The molecule has 3 N–H and O–H groups in total. The molecule has 1 amide bonds. The fourth-order valence-electron chi connectivity index (χ4n) is 1.60. The van der Waals surface area contributed by atoms with E-state index in [-0.39, 0.29) is 18.7 Å². The zero-order valence-electron chi connectivity index (χ0n) is 10.5. The van der Waals surface area contributed by atoms with Crippen LogP contribution < -0.4 is 5.32 Å². The maximum Gasteiger partial charge on any atom is 0.332 e. The van der Waals surface area contributed by atoms with Crippen LogP contribution in [0.1, 0.15) is 16.9 Å². The third-order valence-electron chi connectivity index (χ3n) is 2.67. The summed E-state index contributed by atoms with van der Waals surface area (Å²) in [6.45, 7) is 0.0425. The van der Waals surface area contributed by atoms with Gasteiger partial charge in [0.05, 0.1) is 17.2 Å². The maximum atomic E-state index is 11.8. The SMILES string of the molecule is O=C(NCCC(O)C(=O)O)c1cnc2ccccc2n1. The van der Waals surface area contributed by atoms with Gasteiger partial charge in [-0.3, -0.25) is 9.78 Å². The molecule has 1 unspecified atom stereocenters. The van der Waals surface area contributed by atoms with E-state index in [1.54, 1.807) is 18.2 Å². The van der Waals surface area contributed by atoms with Crippen LogP contribution in [0.4, 0.5) is 0 Å². The van der Waals surface area contributed by atoms with Crippen LogP contribution in [0, 0.1) is 0 Å². The van der Waals surface area contributed by atoms with Crippen molar-refractivity contribution in [1.82, 2.24) is 15.3 Å². The smallest absolute Gasteiger partial charge is 0.332 e. The summed E-state index contributed by atoms with van der Waals surface area (Å²) in [6.07, 6.45) is -0.203. The van der Waals surface area contributed by atoms with Gasteiger partial charge in [0.2, 0.25) is 0 Å². The Morgan fingerprint density at radius 2 is 1.95 bits per heavy atom. The summed E-state index contributed by atoms with van der Waals surface area (Å²) in [5.74, 6) is -1.77. The summed E-state index contributed by atoms with van der Waals surface area (Å²) < 4.78 is 0. The van der Waals surface area contributed by atoms with Gasteiger partial charge in [-0.05, 0) is 12.1 Å². The first-order valence-electron chi connectivity index (χ1n) is 5.99. The molecule has 1 aromatic heterocycles. The number of hydrogen-bond donors (Lipinski definition) is 3. The number of benzene rings is 1. The molecule has 0 spiro atoms. The average Bonchev–Trinajstić information content (AvgIpc) is 2.46. The Kier molecular flexibility index (Phi) is 4.21. The Morgan fingerprint density at radius 1 is 1.25 bits per heavy atom. The van der Waals surface area contributed by atoms with Crippen molar-refractivity contribution in [3.63, 3.8) is 0 Å². The number of fused-ring (bicyclic) bond motifs is 1. The predicted octanol–water partition coefficient (Wildman–Crippen LogP) is 0.195. The van der Waals surface area contributed by atoms with Gasteiger partial charge in [-0.15, -0.1) is 0 Å². The van der Waals surface area contributed by atoms with Crippen LogP contribution in [-0.4, -0.2) is 44.7 Å². The van der Waals surface area contributed by atoms with Crippen molar-refractivity contribution >= 4 is 22.9 Å². The summed E-state index contributed by atoms with van der Waals surface area (Å²) >= 11 is 0. The summed E-state index contributed by atoms with van der Waals surface area (Å²) in [7, 11) is 0. The summed E-state index contributed by atoms with van der Waals surface area (Å²) in [4.78, 5) is 30.5. The Morgan fingerprint density at radius 3 is 2.65 bits per heavy atom. The number of aromatic nitrogens is 2. The van der Waals surface area contributed by atoms with Gasteiger partial charge >= 0.3 is 5.97 Å². The quantitative estimate of drug-likeness (QED) is 0.718. The van der Waals surface area contributed by atoms with Crippen LogP contribution in [0.25, 0.3) is 11.0 Å². The Labute approximate surface area is 114 Å². The molecule has 1 atom stereocenters. The highest BCUT2D eigenvalue weighted by molar-refractivity contribution is 5.93. The van der Waals surface area contributed by atoms with Gasteiger partial charge in [0.25, 0.3) is 5.91 Å². The highest BCUT2D eigenvalue weighted by Gasteiger charge is 2.14. The number of aliphatic hydroxyl groups excluding tert-OH is 1. The van der Waals surface area contributed by atoms with Gasteiger partial charge in [-0.1, -0.05) is 12.1 Å². The molecule has 0 aliphatic rings. The van der Waals surface area contributed by atoms with Crippen LogP contribution in [0.2, 0.25) is 0 Å². The fraction of sp³-hybridized carbons (Fsp3) is 0.231. The highest BCUT2D eigenvalue weighted by Crippen LogP contribution is 2.08. The monoisotopic (exact) mass is 275 g/mol. The number of aliphatic carboxylic acids is 1. The van der Waals surface area contributed by atoms with Gasteiger partial charge in [0.15, 0.2) is 6.10 Å². The van der Waals surface area contributed by atoms with Crippen molar-refractivity contribution in [3.8, 4) is 0 Å². The molecule has 1 aromatic carbocycles. The lowest BCUT2D eigenvalue weighted by Gasteiger charge is -2.07. The number of carboxylic acid groups (broad SMARTS) is 1. The first kappa shape index (κ1) is 13.9. The standard InChI is InChI=1S/C13H13N3O4/c17-11(13(19)20)5-6-14-12(18)10-7-15-8-3-1-2-4-9(8)16-10/h1-4,7,11,17H,5-6H2,(H,14,18)(H,19,20). The molecule has 2 rings (SSSR count). The molecular weight excluding hydrogens is 262 g/mol. The molecule has 0 aliphatic heterocycles. The molecule has 20 heavy (non-hydrogen) atoms. The number of amides is 1. The van der Waals surface area contributed by atoms with Crippen molar-refractivity contribution in [2.24, 2.45) is 0 Å².